The van der Waals surface area contributed by atoms with Crippen molar-refractivity contribution in [3.8, 4) is 0 Å². The summed E-state index contributed by atoms with van der Waals surface area (Å²) < 4.78 is 1.31. The molecule has 16 heavy (non-hydrogen) atoms. The van der Waals surface area contributed by atoms with Gasteiger partial charge in [0.1, 0.15) is 0 Å². The molecule has 82 valence electrons. The van der Waals surface area contributed by atoms with Gasteiger partial charge in [0, 0.05) is 15.8 Å². The molecule has 0 bridgehead atoms. The second kappa shape index (κ2) is 5.34. The molecule has 0 saturated carbocycles. The van der Waals surface area contributed by atoms with E-state index < -0.39 is 0 Å². The first-order chi connectivity index (χ1) is 7.75. The fraction of sp³-hybridized carbons (Fsp3) is 0.143. The van der Waals surface area contributed by atoms with Crippen molar-refractivity contribution in [3.05, 3.63) is 63.2 Å². The van der Waals surface area contributed by atoms with Crippen LogP contribution in [0.1, 0.15) is 11.1 Å². The van der Waals surface area contributed by atoms with Crippen LogP contribution in [0.15, 0.2) is 48.5 Å². The van der Waals surface area contributed by atoms with E-state index in [-0.39, 0.29) is 0 Å². The highest BCUT2D eigenvalue weighted by Gasteiger charge is 1.97. The zero-order chi connectivity index (χ0) is 11.4. The first-order valence-electron chi connectivity index (χ1n) is 5.29. The molecule has 0 unspecified atom stereocenters. The Balaban J connectivity index is 2.02. The molecular weight excluding hydrogens is 309 g/mol. The van der Waals surface area contributed by atoms with Gasteiger partial charge in [0.2, 0.25) is 0 Å². The summed E-state index contributed by atoms with van der Waals surface area (Å²) in [5, 5.41) is 3.42. The third kappa shape index (κ3) is 2.98. The first-order valence-corrected chi connectivity index (χ1v) is 6.37. The topological polar surface area (TPSA) is 12.0 Å². The number of benzene rings is 2. The number of hydrogen-bond acceptors (Lipinski definition) is 1. The smallest absolute Gasteiger partial charge is 0.0411 e. The van der Waals surface area contributed by atoms with Gasteiger partial charge in [0.25, 0.3) is 0 Å². The highest BCUT2D eigenvalue weighted by atomic mass is 127. The van der Waals surface area contributed by atoms with Crippen LogP contribution in [0.5, 0.6) is 0 Å². The lowest BCUT2D eigenvalue weighted by molar-refractivity contribution is 1.13. The molecule has 0 fully saturated rings. The van der Waals surface area contributed by atoms with Gasteiger partial charge in [0.05, 0.1) is 0 Å². The van der Waals surface area contributed by atoms with Crippen LogP contribution in [-0.4, -0.2) is 0 Å². The molecule has 0 amide bonds. The van der Waals surface area contributed by atoms with Crippen molar-refractivity contribution in [2.24, 2.45) is 0 Å². The van der Waals surface area contributed by atoms with E-state index in [9.17, 15) is 0 Å². The molecule has 0 saturated heterocycles. The Bertz CT molecular complexity index is 462. The molecule has 2 heteroatoms. The quantitative estimate of drug-likeness (QED) is 0.834. The molecule has 0 heterocycles. The second-order valence-corrected chi connectivity index (χ2v) is 4.97. The van der Waals surface area contributed by atoms with Gasteiger partial charge in [-0.2, -0.15) is 0 Å². The van der Waals surface area contributed by atoms with Crippen molar-refractivity contribution < 1.29 is 0 Å². The zero-order valence-corrected chi connectivity index (χ0v) is 11.4. The molecule has 2 rings (SSSR count). The number of anilines is 1. The lowest BCUT2D eigenvalue weighted by Gasteiger charge is -2.08. The van der Waals surface area contributed by atoms with Gasteiger partial charge in [-0.3, -0.25) is 0 Å². The normalized spacial score (nSPS) is 10.1. The molecule has 1 N–H and O–H groups in total. The minimum atomic E-state index is 0.877. The highest BCUT2D eigenvalue weighted by Crippen LogP contribution is 2.14. The van der Waals surface area contributed by atoms with Crippen LogP contribution in [0.2, 0.25) is 0 Å². The SMILES string of the molecule is Cc1ccc(NCc2ccccc2I)cc1. The van der Waals surface area contributed by atoms with Crippen molar-refractivity contribution >= 4 is 28.3 Å². The molecule has 0 aliphatic rings. The minimum Gasteiger partial charge on any atom is -0.381 e. The van der Waals surface area contributed by atoms with Gasteiger partial charge < -0.3 is 5.32 Å². The van der Waals surface area contributed by atoms with E-state index in [4.69, 9.17) is 0 Å². The third-order valence-corrected chi connectivity index (χ3v) is 3.54. The summed E-state index contributed by atoms with van der Waals surface area (Å²) in [6.07, 6.45) is 0. The molecule has 0 atom stereocenters. The number of aryl methyl sites for hydroxylation is 1. The molecule has 2 aromatic rings. The summed E-state index contributed by atoms with van der Waals surface area (Å²) >= 11 is 2.37. The number of halogens is 1. The summed E-state index contributed by atoms with van der Waals surface area (Å²) in [6.45, 7) is 2.98. The van der Waals surface area contributed by atoms with Crippen molar-refractivity contribution in [1.82, 2.24) is 0 Å². The summed E-state index contributed by atoms with van der Waals surface area (Å²) in [5.74, 6) is 0. The Labute approximate surface area is 110 Å². The van der Waals surface area contributed by atoms with E-state index in [0.717, 1.165) is 6.54 Å². The lowest BCUT2D eigenvalue weighted by atomic mass is 10.2. The fourth-order valence-corrected chi connectivity index (χ4v) is 2.09. The van der Waals surface area contributed by atoms with Crippen LogP contribution in [0.25, 0.3) is 0 Å². The summed E-state index contributed by atoms with van der Waals surface area (Å²) in [6, 6.07) is 16.9. The standard InChI is InChI=1S/C14H14IN/c1-11-6-8-13(9-7-11)16-10-12-4-2-3-5-14(12)15/h2-9,16H,10H2,1H3. The van der Waals surface area contributed by atoms with Crippen molar-refractivity contribution in [1.29, 1.82) is 0 Å². The molecule has 0 spiro atoms. The minimum absolute atomic E-state index is 0.877. The summed E-state index contributed by atoms with van der Waals surface area (Å²) in [5.41, 5.74) is 3.80. The Morgan fingerprint density at radius 2 is 1.69 bits per heavy atom. The number of nitrogens with one attached hydrogen (secondary N) is 1. The van der Waals surface area contributed by atoms with Crippen LogP contribution in [-0.2, 0) is 6.54 Å². The van der Waals surface area contributed by atoms with Crippen LogP contribution >= 0.6 is 22.6 Å². The van der Waals surface area contributed by atoms with Crippen LogP contribution < -0.4 is 5.32 Å². The Kier molecular flexibility index (Phi) is 3.83. The summed E-state index contributed by atoms with van der Waals surface area (Å²) in [7, 11) is 0. The molecular formula is C14H14IN. The highest BCUT2D eigenvalue weighted by molar-refractivity contribution is 14.1. The van der Waals surface area contributed by atoms with Gasteiger partial charge in [-0.05, 0) is 53.3 Å². The molecule has 0 aromatic heterocycles. The molecule has 0 aliphatic carbocycles. The van der Waals surface area contributed by atoms with Crippen molar-refractivity contribution in [3.63, 3.8) is 0 Å². The van der Waals surface area contributed by atoms with Gasteiger partial charge >= 0.3 is 0 Å². The number of rotatable bonds is 3. The van der Waals surface area contributed by atoms with Crippen LogP contribution in [0.3, 0.4) is 0 Å². The maximum Gasteiger partial charge on any atom is 0.0411 e. The van der Waals surface area contributed by atoms with E-state index in [0.29, 0.717) is 0 Å². The van der Waals surface area contributed by atoms with E-state index >= 15 is 0 Å². The lowest BCUT2D eigenvalue weighted by Crippen LogP contribution is -2.00. The maximum absolute atomic E-state index is 3.42. The van der Waals surface area contributed by atoms with Crippen molar-refractivity contribution in [2.75, 3.05) is 5.32 Å². The van der Waals surface area contributed by atoms with E-state index in [1.165, 1.54) is 20.4 Å². The molecule has 0 radical (unpaired) electrons. The third-order valence-electron chi connectivity index (χ3n) is 2.49. The van der Waals surface area contributed by atoms with E-state index in [2.05, 4.69) is 83.4 Å². The largest absolute Gasteiger partial charge is 0.381 e. The van der Waals surface area contributed by atoms with Gasteiger partial charge in [-0.1, -0.05) is 35.9 Å². The first kappa shape index (κ1) is 11.5. The Morgan fingerprint density at radius 1 is 1.00 bits per heavy atom. The predicted octanol–water partition coefficient (Wildman–Crippen LogP) is 4.21. The van der Waals surface area contributed by atoms with E-state index in [1.807, 2.05) is 0 Å². The average Bonchev–Trinajstić information content (AvgIpc) is 2.30. The van der Waals surface area contributed by atoms with E-state index in [1.54, 1.807) is 0 Å². The monoisotopic (exact) mass is 323 g/mol. The second-order valence-electron chi connectivity index (χ2n) is 3.81. The zero-order valence-electron chi connectivity index (χ0n) is 9.20. The van der Waals surface area contributed by atoms with Crippen LogP contribution in [0, 0.1) is 10.5 Å². The Hall–Kier alpha value is -1.03. The number of hydrogen-bond donors (Lipinski definition) is 1. The van der Waals surface area contributed by atoms with Crippen LogP contribution in [0.4, 0.5) is 5.69 Å². The van der Waals surface area contributed by atoms with Gasteiger partial charge in [-0.15, -0.1) is 0 Å². The Morgan fingerprint density at radius 3 is 2.38 bits per heavy atom. The van der Waals surface area contributed by atoms with Gasteiger partial charge in [-0.25, -0.2) is 0 Å². The average molecular weight is 323 g/mol. The molecule has 0 aliphatic heterocycles. The fourth-order valence-electron chi connectivity index (χ4n) is 1.51. The molecule has 1 nitrogen and oxygen atoms in total. The summed E-state index contributed by atoms with van der Waals surface area (Å²) in [4.78, 5) is 0. The predicted molar refractivity (Wildman–Crippen MR) is 77.7 cm³/mol. The molecule has 2 aromatic carbocycles. The maximum atomic E-state index is 3.42. The van der Waals surface area contributed by atoms with Crippen molar-refractivity contribution in [2.45, 2.75) is 13.5 Å². The van der Waals surface area contributed by atoms with Gasteiger partial charge in [0.15, 0.2) is 0 Å².